The molecule has 0 rings (SSSR count). The Balaban J connectivity index is 2.81. The van der Waals surface area contributed by atoms with Crippen molar-refractivity contribution in [3.63, 3.8) is 0 Å². The molecule has 0 saturated heterocycles. The zero-order valence-corrected chi connectivity index (χ0v) is 4.50. The number of rotatable bonds is 4. The molecule has 8 heavy (non-hydrogen) atoms. The fraction of sp³-hybridized carbons (Fsp3) is 0.800. The van der Waals surface area contributed by atoms with Gasteiger partial charge in [-0.1, -0.05) is 0 Å². The molecule has 0 amide bonds. The van der Waals surface area contributed by atoms with Gasteiger partial charge in [0.05, 0.1) is 0 Å². The van der Waals surface area contributed by atoms with E-state index in [1.54, 1.807) is 6.29 Å². The van der Waals surface area contributed by atoms with Crippen LogP contribution in [0, 0.1) is 0 Å². The van der Waals surface area contributed by atoms with E-state index in [1.807, 2.05) is 0 Å². The van der Waals surface area contributed by atoms with E-state index in [0.29, 0.717) is 6.42 Å². The van der Waals surface area contributed by atoms with E-state index in [2.05, 4.69) is 0 Å². The summed E-state index contributed by atoms with van der Waals surface area (Å²) >= 11 is 0. The van der Waals surface area contributed by atoms with Crippen molar-refractivity contribution in [2.24, 2.45) is 0 Å². The van der Waals surface area contributed by atoms with E-state index in [-0.39, 0.29) is 12.8 Å². The van der Waals surface area contributed by atoms with E-state index < -0.39 is 6.29 Å². The third-order valence-electron chi connectivity index (χ3n) is 0.741. The fourth-order valence-electron chi connectivity index (χ4n) is 0.357. The van der Waals surface area contributed by atoms with Gasteiger partial charge < -0.3 is 10.2 Å². The van der Waals surface area contributed by atoms with Crippen LogP contribution in [-0.4, -0.2) is 22.8 Å². The Labute approximate surface area is 47.9 Å². The Morgan fingerprint density at radius 3 is 2.50 bits per heavy atom. The number of aliphatic hydroxyl groups excluding tert-OH is 1. The number of carbonyl (C=O) groups excluding carboxylic acids is 1. The highest BCUT2D eigenvalue weighted by Crippen LogP contribution is 1.94. The molecule has 0 aromatic carbocycles. The van der Waals surface area contributed by atoms with Gasteiger partial charge in [-0.2, -0.15) is 0 Å². The molecule has 0 aliphatic rings. The molecular weight excluding hydrogens is 108 g/mol. The maximum Gasteiger partial charge on any atom is 0.198 e. The van der Waals surface area contributed by atoms with Crippen molar-refractivity contribution < 1.29 is 15.0 Å². The first-order valence-corrected chi connectivity index (χ1v) is 2.48. The van der Waals surface area contributed by atoms with Gasteiger partial charge >= 0.3 is 0 Å². The number of unbranched alkanes of at least 4 members (excludes halogenated alkanes) is 1. The minimum absolute atomic E-state index is 0.259. The Morgan fingerprint density at radius 2 is 2.12 bits per heavy atom. The summed E-state index contributed by atoms with van der Waals surface area (Å²) in [6.07, 6.45) is 1.43. The van der Waals surface area contributed by atoms with Crippen LogP contribution in [0.5, 0.6) is 0 Å². The Hall–Kier alpha value is -0.410. The number of hydrogen-bond acceptors (Lipinski definition) is 3. The molecule has 0 aromatic heterocycles. The van der Waals surface area contributed by atoms with Crippen molar-refractivity contribution in [3.8, 4) is 0 Å². The zero-order chi connectivity index (χ0) is 6.41. The first-order valence-electron chi connectivity index (χ1n) is 2.48. The quantitative estimate of drug-likeness (QED) is 0.388. The topological polar surface area (TPSA) is 57.5 Å². The van der Waals surface area contributed by atoms with Crippen LogP contribution in [-0.2, 0) is 4.79 Å². The molecule has 0 bridgehead atoms. The predicted molar refractivity (Wildman–Crippen MR) is 27.8 cm³/mol. The van der Waals surface area contributed by atoms with Gasteiger partial charge in [0.1, 0.15) is 0 Å². The number of aliphatic hydroxyl groups is 2. The molecule has 47 valence electrons. The molecule has 0 heterocycles. The molecular formula is C5H9O3. The van der Waals surface area contributed by atoms with E-state index >= 15 is 0 Å². The summed E-state index contributed by atoms with van der Waals surface area (Å²) in [4.78, 5) is 9.50. The summed E-state index contributed by atoms with van der Waals surface area (Å²) in [5.41, 5.74) is 0. The van der Waals surface area contributed by atoms with Gasteiger partial charge in [-0.05, 0) is 12.8 Å². The molecule has 0 saturated carbocycles. The number of hydrogen-bond donors (Lipinski definition) is 2. The second-order valence-electron chi connectivity index (χ2n) is 1.52. The minimum Gasteiger partial charge on any atom is -0.368 e. The van der Waals surface area contributed by atoms with Gasteiger partial charge in [-0.3, -0.25) is 4.79 Å². The molecule has 0 aliphatic carbocycles. The Bertz CT molecular complexity index is 60.7. The molecule has 2 N–H and O–H groups in total. The molecule has 0 fully saturated rings. The van der Waals surface area contributed by atoms with Crippen LogP contribution in [0.25, 0.3) is 0 Å². The highest BCUT2D eigenvalue weighted by atomic mass is 16.5. The van der Waals surface area contributed by atoms with E-state index in [4.69, 9.17) is 10.2 Å². The van der Waals surface area contributed by atoms with Crippen molar-refractivity contribution in [2.75, 3.05) is 0 Å². The molecule has 0 atom stereocenters. The Kier molecular flexibility index (Phi) is 4.50. The standard InChI is InChI=1S/C5H9O3/c6-4-2-1-3-5(7)8/h5,7-8H,1-3H2. The lowest BCUT2D eigenvalue weighted by Gasteiger charge is -1.97. The van der Waals surface area contributed by atoms with Gasteiger partial charge in [-0.25, -0.2) is 0 Å². The Morgan fingerprint density at radius 1 is 1.50 bits per heavy atom. The van der Waals surface area contributed by atoms with Crippen molar-refractivity contribution in [1.82, 2.24) is 0 Å². The maximum absolute atomic E-state index is 9.50. The van der Waals surface area contributed by atoms with Crippen molar-refractivity contribution in [3.05, 3.63) is 0 Å². The fourth-order valence-corrected chi connectivity index (χ4v) is 0.357. The second-order valence-corrected chi connectivity index (χ2v) is 1.52. The van der Waals surface area contributed by atoms with Crippen molar-refractivity contribution >= 4 is 6.29 Å². The van der Waals surface area contributed by atoms with Gasteiger partial charge in [0.2, 0.25) is 0 Å². The van der Waals surface area contributed by atoms with Crippen LogP contribution >= 0.6 is 0 Å². The first-order chi connectivity index (χ1) is 3.77. The molecule has 0 aliphatic heterocycles. The average Bonchev–Trinajstić information content (AvgIpc) is 1.66. The van der Waals surface area contributed by atoms with Gasteiger partial charge in [0.15, 0.2) is 12.6 Å². The summed E-state index contributed by atoms with van der Waals surface area (Å²) < 4.78 is 0. The summed E-state index contributed by atoms with van der Waals surface area (Å²) in [5, 5.41) is 16.4. The monoisotopic (exact) mass is 117 g/mol. The first kappa shape index (κ1) is 7.59. The van der Waals surface area contributed by atoms with E-state index in [0.717, 1.165) is 0 Å². The zero-order valence-electron chi connectivity index (χ0n) is 4.50. The van der Waals surface area contributed by atoms with Crippen LogP contribution in [0.1, 0.15) is 19.3 Å². The summed E-state index contributed by atoms with van der Waals surface area (Å²) in [6.45, 7) is 0. The molecule has 0 unspecified atom stereocenters. The SMILES string of the molecule is O=[C]CCCC(O)O. The third-order valence-corrected chi connectivity index (χ3v) is 0.741. The predicted octanol–water partition coefficient (Wildman–Crippen LogP) is -0.423. The van der Waals surface area contributed by atoms with Gasteiger partial charge in [0, 0.05) is 6.42 Å². The molecule has 3 heteroatoms. The van der Waals surface area contributed by atoms with Crippen LogP contribution in [0.3, 0.4) is 0 Å². The summed E-state index contributed by atoms with van der Waals surface area (Å²) in [7, 11) is 0. The molecule has 0 spiro atoms. The van der Waals surface area contributed by atoms with Crippen LogP contribution in [0.2, 0.25) is 0 Å². The highest BCUT2D eigenvalue weighted by Gasteiger charge is 1.94. The minimum atomic E-state index is -1.27. The molecule has 1 radical (unpaired) electrons. The smallest absolute Gasteiger partial charge is 0.198 e. The third kappa shape index (κ3) is 5.59. The van der Waals surface area contributed by atoms with E-state index in [1.165, 1.54) is 0 Å². The second kappa shape index (κ2) is 4.74. The van der Waals surface area contributed by atoms with Crippen molar-refractivity contribution in [1.29, 1.82) is 0 Å². The lowest BCUT2D eigenvalue weighted by Crippen LogP contribution is -2.02. The lowest BCUT2D eigenvalue weighted by atomic mass is 10.2. The van der Waals surface area contributed by atoms with E-state index in [9.17, 15) is 4.79 Å². The molecule has 3 nitrogen and oxygen atoms in total. The van der Waals surface area contributed by atoms with Crippen molar-refractivity contribution in [2.45, 2.75) is 25.6 Å². The summed E-state index contributed by atoms with van der Waals surface area (Å²) in [5.74, 6) is 0. The molecule has 0 aromatic rings. The normalized spacial score (nSPS) is 9.88. The average molecular weight is 117 g/mol. The lowest BCUT2D eigenvalue weighted by molar-refractivity contribution is -0.0458. The van der Waals surface area contributed by atoms with Crippen LogP contribution in [0.4, 0.5) is 0 Å². The largest absolute Gasteiger partial charge is 0.368 e. The van der Waals surface area contributed by atoms with Crippen LogP contribution < -0.4 is 0 Å². The highest BCUT2D eigenvalue weighted by molar-refractivity contribution is 5.50. The summed E-state index contributed by atoms with van der Waals surface area (Å²) in [6, 6.07) is 0. The maximum atomic E-state index is 9.50. The van der Waals surface area contributed by atoms with Gasteiger partial charge in [0.25, 0.3) is 0 Å². The van der Waals surface area contributed by atoms with Crippen LogP contribution in [0.15, 0.2) is 0 Å². The van der Waals surface area contributed by atoms with Gasteiger partial charge in [-0.15, -0.1) is 0 Å².